The molecular formula is C13H21N5O2. The topological polar surface area (TPSA) is 88.0 Å². The van der Waals surface area contributed by atoms with Gasteiger partial charge in [0.25, 0.3) is 0 Å². The van der Waals surface area contributed by atoms with Gasteiger partial charge in [-0.15, -0.1) is 0 Å². The molecule has 1 atom stereocenters. The van der Waals surface area contributed by atoms with Gasteiger partial charge in [0.2, 0.25) is 11.8 Å². The fourth-order valence-electron chi connectivity index (χ4n) is 2.22. The molecule has 1 aliphatic heterocycles. The molecule has 1 unspecified atom stereocenters. The molecule has 110 valence electrons. The number of amides is 2. The first kappa shape index (κ1) is 14.5. The average Bonchev–Trinajstić information content (AvgIpc) is 2.73. The predicted molar refractivity (Wildman–Crippen MR) is 74.1 cm³/mol. The van der Waals surface area contributed by atoms with Crippen molar-refractivity contribution in [1.29, 1.82) is 0 Å². The molecule has 0 spiro atoms. The van der Waals surface area contributed by atoms with E-state index in [-0.39, 0.29) is 24.4 Å². The number of piperazine rings is 1. The minimum absolute atomic E-state index is 0.0708. The van der Waals surface area contributed by atoms with E-state index >= 15 is 0 Å². The summed E-state index contributed by atoms with van der Waals surface area (Å²) in [6, 6.07) is 1.70. The zero-order valence-electron chi connectivity index (χ0n) is 11.9. The van der Waals surface area contributed by atoms with Gasteiger partial charge in [-0.3, -0.25) is 19.6 Å². The molecule has 20 heavy (non-hydrogen) atoms. The first-order valence-corrected chi connectivity index (χ1v) is 6.85. The van der Waals surface area contributed by atoms with Crippen molar-refractivity contribution < 1.29 is 9.59 Å². The molecule has 7 nitrogen and oxygen atoms in total. The molecule has 1 aromatic heterocycles. The molecule has 0 aliphatic carbocycles. The Hall–Kier alpha value is -1.89. The Morgan fingerprint density at radius 1 is 1.55 bits per heavy atom. The molecule has 0 saturated carbocycles. The Bertz CT molecular complexity index is 487. The lowest BCUT2D eigenvalue weighted by Gasteiger charge is -2.23. The highest BCUT2D eigenvalue weighted by Crippen LogP contribution is 2.02. The minimum atomic E-state index is -0.332. The molecule has 1 fully saturated rings. The molecule has 2 heterocycles. The normalized spacial score (nSPS) is 18.7. The van der Waals surface area contributed by atoms with Gasteiger partial charge in [-0.1, -0.05) is 0 Å². The molecular weight excluding hydrogens is 258 g/mol. The van der Waals surface area contributed by atoms with Crippen LogP contribution in [0.3, 0.4) is 0 Å². The molecule has 0 bridgehead atoms. The smallest absolute Gasteiger partial charge is 0.238 e. The van der Waals surface area contributed by atoms with E-state index in [9.17, 15) is 9.59 Å². The maximum absolute atomic E-state index is 11.8. The summed E-state index contributed by atoms with van der Waals surface area (Å²) in [5, 5.41) is 12.8. The molecule has 3 N–H and O–H groups in total. The number of carbonyl (C=O) groups excluding carboxylic acids is 2. The zero-order chi connectivity index (χ0) is 14.5. The Morgan fingerprint density at radius 3 is 2.95 bits per heavy atom. The Morgan fingerprint density at radius 2 is 2.35 bits per heavy atom. The fraction of sp³-hybridized carbons (Fsp3) is 0.615. The molecule has 2 rings (SSSR count). The van der Waals surface area contributed by atoms with Gasteiger partial charge in [0.1, 0.15) is 6.04 Å². The van der Waals surface area contributed by atoms with Crippen LogP contribution in [0, 0.1) is 13.8 Å². The number of rotatable bonds is 5. The number of hydrogen-bond acceptors (Lipinski definition) is 4. The molecule has 1 saturated heterocycles. The molecule has 2 amide bonds. The van der Waals surface area contributed by atoms with Crippen molar-refractivity contribution in [2.24, 2.45) is 0 Å². The number of aromatic nitrogens is 2. The largest absolute Gasteiger partial charge is 0.355 e. The van der Waals surface area contributed by atoms with Gasteiger partial charge in [0.05, 0.1) is 12.2 Å². The summed E-state index contributed by atoms with van der Waals surface area (Å²) in [7, 11) is 0. The minimum Gasteiger partial charge on any atom is -0.355 e. The van der Waals surface area contributed by atoms with Crippen LogP contribution in [0.15, 0.2) is 6.07 Å². The second-order valence-electron chi connectivity index (χ2n) is 5.03. The van der Waals surface area contributed by atoms with E-state index in [1.165, 1.54) is 0 Å². The Labute approximate surface area is 118 Å². The van der Waals surface area contributed by atoms with Gasteiger partial charge in [-0.2, -0.15) is 5.10 Å². The first-order valence-electron chi connectivity index (χ1n) is 6.85. The fourth-order valence-corrected chi connectivity index (χ4v) is 2.22. The van der Waals surface area contributed by atoms with E-state index in [0.29, 0.717) is 13.1 Å². The van der Waals surface area contributed by atoms with Crippen LogP contribution >= 0.6 is 0 Å². The van der Waals surface area contributed by atoms with E-state index in [1.54, 1.807) is 0 Å². The van der Waals surface area contributed by atoms with E-state index in [2.05, 4.69) is 21.0 Å². The van der Waals surface area contributed by atoms with Gasteiger partial charge < -0.3 is 10.6 Å². The summed E-state index contributed by atoms with van der Waals surface area (Å²) in [5.41, 5.74) is 2.14. The van der Waals surface area contributed by atoms with Crippen molar-refractivity contribution in [2.75, 3.05) is 19.6 Å². The maximum atomic E-state index is 11.8. The van der Waals surface area contributed by atoms with E-state index < -0.39 is 0 Å². The maximum Gasteiger partial charge on any atom is 0.238 e. The second-order valence-corrected chi connectivity index (χ2v) is 5.03. The van der Waals surface area contributed by atoms with Crippen LogP contribution in [0.5, 0.6) is 0 Å². The van der Waals surface area contributed by atoms with Crippen LogP contribution in [0.2, 0.25) is 0 Å². The first-order chi connectivity index (χ1) is 9.56. The lowest BCUT2D eigenvalue weighted by atomic mass is 10.2. The van der Waals surface area contributed by atoms with Gasteiger partial charge in [-0.05, 0) is 26.3 Å². The van der Waals surface area contributed by atoms with Gasteiger partial charge in [-0.25, -0.2) is 0 Å². The predicted octanol–water partition coefficient (Wildman–Crippen LogP) is -0.906. The van der Waals surface area contributed by atoms with Gasteiger partial charge in [0.15, 0.2) is 0 Å². The van der Waals surface area contributed by atoms with Crippen molar-refractivity contribution in [3.8, 4) is 0 Å². The molecule has 0 aromatic carbocycles. The van der Waals surface area contributed by atoms with E-state index in [0.717, 1.165) is 24.4 Å². The van der Waals surface area contributed by atoms with Crippen molar-refractivity contribution in [1.82, 2.24) is 25.7 Å². The van der Waals surface area contributed by atoms with Crippen LogP contribution in [-0.2, 0) is 16.1 Å². The van der Waals surface area contributed by atoms with Gasteiger partial charge in [0, 0.05) is 25.3 Å². The zero-order valence-corrected chi connectivity index (χ0v) is 11.9. The van der Waals surface area contributed by atoms with Crippen molar-refractivity contribution in [3.63, 3.8) is 0 Å². The summed E-state index contributed by atoms with van der Waals surface area (Å²) in [6.07, 6.45) is 0.826. The van der Waals surface area contributed by atoms with Crippen LogP contribution in [0.4, 0.5) is 0 Å². The standard InChI is InChI=1S/C13H21N5O2/c1-9-6-10(2)18(17-9)5-3-4-14-13(20)11-7-16-12(19)8-15-11/h6,11,15H,3-5,7-8H2,1-2H3,(H,14,20)(H,16,19). The third-order valence-electron chi connectivity index (χ3n) is 3.28. The molecule has 1 aromatic rings. The van der Waals surface area contributed by atoms with Crippen LogP contribution in [0.25, 0.3) is 0 Å². The lowest BCUT2D eigenvalue weighted by Crippen LogP contribution is -2.58. The summed E-state index contributed by atoms with van der Waals surface area (Å²) >= 11 is 0. The highest BCUT2D eigenvalue weighted by Gasteiger charge is 2.22. The Kier molecular flexibility index (Phi) is 4.73. The van der Waals surface area contributed by atoms with E-state index in [4.69, 9.17) is 0 Å². The molecule has 1 aliphatic rings. The average molecular weight is 279 g/mol. The summed E-state index contributed by atoms with van der Waals surface area (Å²) in [6.45, 7) is 5.92. The quantitative estimate of drug-likeness (QED) is 0.609. The monoisotopic (exact) mass is 279 g/mol. The summed E-state index contributed by atoms with van der Waals surface area (Å²) in [4.78, 5) is 22.8. The summed E-state index contributed by atoms with van der Waals surface area (Å²) < 4.78 is 1.95. The van der Waals surface area contributed by atoms with Crippen molar-refractivity contribution in [3.05, 3.63) is 17.5 Å². The number of nitrogens with zero attached hydrogens (tertiary/aromatic N) is 2. The van der Waals surface area contributed by atoms with Crippen LogP contribution < -0.4 is 16.0 Å². The van der Waals surface area contributed by atoms with Crippen LogP contribution in [0.1, 0.15) is 17.8 Å². The van der Waals surface area contributed by atoms with E-state index in [1.807, 2.05) is 24.6 Å². The third-order valence-corrected chi connectivity index (χ3v) is 3.28. The van der Waals surface area contributed by atoms with Crippen LogP contribution in [-0.4, -0.2) is 47.3 Å². The second kappa shape index (κ2) is 6.51. The number of aryl methyl sites for hydroxylation is 3. The molecule has 0 radical (unpaired) electrons. The van der Waals surface area contributed by atoms with Crippen molar-refractivity contribution in [2.45, 2.75) is 32.9 Å². The number of nitrogens with one attached hydrogen (secondary N) is 3. The molecule has 7 heteroatoms. The highest BCUT2D eigenvalue weighted by molar-refractivity contribution is 5.86. The number of hydrogen-bond donors (Lipinski definition) is 3. The van der Waals surface area contributed by atoms with Gasteiger partial charge >= 0.3 is 0 Å². The Balaban J connectivity index is 1.67. The SMILES string of the molecule is Cc1cc(C)n(CCCNC(=O)C2CNC(=O)CN2)n1. The number of carbonyl (C=O) groups is 2. The lowest BCUT2D eigenvalue weighted by molar-refractivity contribution is -0.126. The van der Waals surface area contributed by atoms with Crippen molar-refractivity contribution >= 4 is 11.8 Å². The summed E-state index contributed by atoms with van der Waals surface area (Å²) in [5.74, 6) is -0.142. The highest BCUT2D eigenvalue weighted by atomic mass is 16.2. The third kappa shape index (κ3) is 3.80.